The van der Waals surface area contributed by atoms with Crippen molar-refractivity contribution in [2.24, 2.45) is 13.0 Å². The Morgan fingerprint density at radius 1 is 1.50 bits per heavy atom. The van der Waals surface area contributed by atoms with Crippen LogP contribution in [0.1, 0.15) is 43.9 Å². The van der Waals surface area contributed by atoms with Gasteiger partial charge in [0.15, 0.2) is 0 Å². The van der Waals surface area contributed by atoms with Crippen LogP contribution in [0.2, 0.25) is 0 Å². The van der Waals surface area contributed by atoms with E-state index in [0.717, 1.165) is 24.0 Å². The third-order valence-corrected chi connectivity index (χ3v) is 3.86. The lowest BCUT2D eigenvalue weighted by atomic mass is 10.1. The molecular formula is C14H25N3O. The second kappa shape index (κ2) is 5.74. The van der Waals surface area contributed by atoms with Crippen molar-refractivity contribution < 1.29 is 4.74 Å². The molecule has 1 saturated carbocycles. The van der Waals surface area contributed by atoms with E-state index in [2.05, 4.69) is 17.3 Å². The number of hydrogen-bond acceptors (Lipinski definition) is 3. The van der Waals surface area contributed by atoms with Crippen molar-refractivity contribution in [1.29, 1.82) is 0 Å². The molecule has 1 aromatic rings. The Labute approximate surface area is 110 Å². The van der Waals surface area contributed by atoms with E-state index in [0.29, 0.717) is 6.04 Å². The molecule has 102 valence electrons. The van der Waals surface area contributed by atoms with Gasteiger partial charge in [0, 0.05) is 19.6 Å². The summed E-state index contributed by atoms with van der Waals surface area (Å²) >= 11 is 0. The normalized spacial score (nSPS) is 16.9. The lowest BCUT2D eigenvalue weighted by Crippen LogP contribution is -2.28. The second-order valence-electron chi connectivity index (χ2n) is 5.36. The number of nitrogens with one attached hydrogen (secondary N) is 1. The number of rotatable bonds is 7. The first-order valence-corrected chi connectivity index (χ1v) is 6.95. The Balaban J connectivity index is 1.95. The zero-order chi connectivity index (χ0) is 13.1. The molecule has 1 atom stereocenters. The predicted octanol–water partition coefficient (Wildman–Crippen LogP) is 2.41. The molecule has 1 aromatic heterocycles. The van der Waals surface area contributed by atoms with Crippen LogP contribution in [0.3, 0.4) is 0 Å². The van der Waals surface area contributed by atoms with Crippen molar-refractivity contribution in [3.8, 4) is 5.88 Å². The lowest BCUT2D eigenvalue weighted by Gasteiger charge is -2.16. The van der Waals surface area contributed by atoms with Crippen molar-refractivity contribution >= 4 is 0 Å². The summed E-state index contributed by atoms with van der Waals surface area (Å²) in [5.74, 6) is 1.85. The maximum atomic E-state index is 5.42. The Kier molecular flexibility index (Phi) is 4.27. The molecule has 1 fully saturated rings. The maximum Gasteiger partial charge on any atom is 0.216 e. The van der Waals surface area contributed by atoms with Gasteiger partial charge in [-0.3, -0.25) is 0 Å². The zero-order valence-electron chi connectivity index (χ0n) is 12.0. The molecule has 4 heteroatoms. The van der Waals surface area contributed by atoms with E-state index < -0.39 is 0 Å². The van der Waals surface area contributed by atoms with Crippen LogP contribution in [0.5, 0.6) is 5.88 Å². The fraction of sp³-hybridized carbons (Fsp3) is 0.786. The molecule has 0 aliphatic heterocycles. The van der Waals surface area contributed by atoms with Crippen molar-refractivity contribution in [3.63, 3.8) is 0 Å². The van der Waals surface area contributed by atoms with Crippen LogP contribution in [0, 0.1) is 12.8 Å². The summed E-state index contributed by atoms with van der Waals surface area (Å²) in [6.07, 6.45) is 5.36. The van der Waals surface area contributed by atoms with Gasteiger partial charge in [-0.15, -0.1) is 0 Å². The van der Waals surface area contributed by atoms with Gasteiger partial charge >= 0.3 is 0 Å². The largest absolute Gasteiger partial charge is 0.481 e. The monoisotopic (exact) mass is 251 g/mol. The Morgan fingerprint density at radius 3 is 2.78 bits per heavy atom. The van der Waals surface area contributed by atoms with Gasteiger partial charge < -0.3 is 10.1 Å². The summed E-state index contributed by atoms with van der Waals surface area (Å²) in [5, 5.41) is 8.06. The highest BCUT2D eigenvalue weighted by Gasteiger charge is 2.25. The summed E-state index contributed by atoms with van der Waals surface area (Å²) in [6.45, 7) is 5.16. The Morgan fingerprint density at radius 2 is 2.22 bits per heavy atom. The minimum absolute atomic E-state index is 0.627. The summed E-state index contributed by atoms with van der Waals surface area (Å²) in [6, 6.07) is 0.627. The number of aryl methyl sites for hydroxylation is 2. The van der Waals surface area contributed by atoms with Gasteiger partial charge in [0.1, 0.15) is 0 Å². The summed E-state index contributed by atoms with van der Waals surface area (Å²) < 4.78 is 7.23. The van der Waals surface area contributed by atoms with E-state index in [-0.39, 0.29) is 0 Å². The van der Waals surface area contributed by atoms with Gasteiger partial charge in [0.2, 0.25) is 5.88 Å². The van der Waals surface area contributed by atoms with Crippen LogP contribution in [0.4, 0.5) is 0 Å². The molecule has 2 rings (SSSR count). The van der Waals surface area contributed by atoms with Crippen molar-refractivity contribution in [2.45, 2.75) is 52.1 Å². The fourth-order valence-electron chi connectivity index (χ4n) is 2.54. The van der Waals surface area contributed by atoms with E-state index in [4.69, 9.17) is 4.74 Å². The van der Waals surface area contributed by atoms with Gasteiger partial charge in [0.25, 0.3) is 0 Å². The van der Waals surface area contributed by atoms with Gasteiger partial charge in [-0.1, -0.05) is 19.8 Å². The molecule has 1 N–H and O–H groups in total. The number of hydrogen-bond donors (Lipinski definition) is 1. The average Bonchev–Trinajstić information content (AvgIpc) is 3.11. The van der Waals surface area contributed by atoms with Crippen LogP contribution in [-0.4, -0.2) is 22.9 Å². The van der Waals surface area contributed by atoms with E-state index in [1.54, 1.807) is 7.11 Å². The van der Waals surface area contributed by atoms with E-state index >= 15 is 0 Å². The number of nitrogens with zero attached hydrogens (tertiary/aromatic N) is 2. The molecule has 1 heterocycles. The Bertz CT molecular complexity index is 396. The third-order valence-electron chi connectivity index (χ3n) is 3.86. The standard InChI is InChI=1S/C14H25N3O/c1-5-12(8-11-6-7-11)15-9-13-10(2)16-17(3)14(13)18-4/h11-12,15H,5-9H2,1-4H3. The zero-order valence-corrected chi connectivity index (χ0v) is 12.0. The molecule has 0 amide bonds. The molecule has 18 heavy (non-hydrogen) atoms. The molecule has 0 bridgehead atoms. The van der Waals surface area contributed by atoms with Gasteiger partial charge in [-0.2, -0.15) is 5.10 Å². The fourth-order valence-corrected chi connectivity index (χ4v) is 2.54. The van der Waals surface area contributed by atoms with Gasteiger partial charge in [0.05, 0.1) is 18.4 Å². The molecule has 4 nitrogen and oxygen atoms in total. The van der Waals surface area contributed by atoms with Crippen LogP contribution >= 0.6 is 0 Å². The first kappa shape index (κ1) is 13.4. The van der Waals surface area contributed by atoms with E-state index in [1.807, 2.05) is 18.7 Å². The molecule has 0 aromatic carbocycles. The van der Waals surface area contributed by atoms with Crippen LogP contribution in [-0.2, 0) is 13.6 Å². The third kappa shape index (κ3) is 3.05. The highest BCUT2D eigenvalue weighted by molar-refractivity contribution is 5.30. The predicted molar refractivity (Wildman–Crippen MR) is 72.8 cm³/mol. The molecule has 0 spiro atoms. The molecule has 0 radical (unpaired) electrons. The smallest absolute Gasteiger partial charge is 0.216 e. The van der Waals surface area contributed by atoms with Crippen LogP contribution in [0.25, 0.3) is 0 Å². The van der Waals surface area contributed by atoms with Crippen molar-refractivity contribution in [2.75, 3.05) is 7.11 Å². The molecule has 1 unspecified atom stereocenters. The number of aromatic nitrogens is 2. The molecule has 0 saturated heterocycles. The summed E-state index contributed by atoms with van der Waals surface area (Å²) in [5.41, 5.74) is 2.25. The highest BCUT2D eigenvalue weighted by atomic mass is 16.5. The topological polar surface area (TPSA) is 39.1 Å². The lowest BCUT2D eigenvalue weighted by molar-refractivity contribution is 0.364. The molecule has 1 aliphatic carbocycles. The minimum atomic E-state index is 0.627. The van der Waals surface area contributed by atoms with Crippen molar-refractivity contribution in [3.05, 3.63) is 11.3 Å². The van der Waals surface area contributed by atoms with E-state index in [9.17, 15) is 0 Å². The average molecular weight is 251 g/mol. The number of methoxy groups -OCH3 is 1. The molecule has 1 aliphatic rings. The van der Waals surface area contributed by atoms with Crippen LogP contribution < -0.4 is 10.1 Å². The van der Waals surface area contributed by atoms with E-state index in [1.165, 1.54) is 31.2 Å². The van der Waals surface area contributed by atoms with Gasteiger partial charge in [-0.25, -0.2) is 4.68 Å². The first-order valence-electron chi connectivity index (χ1n) is 6.95. The highest BCUT2D eigenvalue weighted by Crippen LogP contribution is 2.34. The van der Waals surface area contributed by atoms with Gasteiger partial charge in [-0.05, 0) is 25.7 Å². The SMILES string of the molecule is CCC(CC1CC1)NCc1c(C)nn(C)c1OC. The number of ether oxygens (including phenoxy) is 1. The quantitative estimate of drug-likeness (QED) is 0.809. The second-order valence-corrected chi connectivity index (χ2v) is 5.36. The first-order chi connectivity index (χ1) is 8.65. The Hall–Kier alpha value is -1.03. The molecular weight excluding hydrogens is 226 g/mol. The summed E-state index contributed by atoms with van der Waals surface area (Å²) in [4.78, 5) is 0. The maximum absolute atomic E-state index is 5.42. The minimum Gasteiger partial charge on any atom is -0.481 e. The van der Waals surface area contributed by atoms with Crippen molar-refractivity contribution in [1.82, 2.24) is 15.1 Å². The van der Waals surface area contributed by atoms with Crippen LogP contribution in [0.15, 0.2) is 0 Å². The summed E-state index contributed by atoms with van der Waals surface area (Å²) in [7, 11) is 3.64.